The molecule has 3 rings (SSSR count). The van der Waals surface area contributed by atoms with Crippen molar-refractivity contribution in [3.05, 3.63) is 22.6 Å². The van der Waals surface area contributed by atoms with E-state index in [1.54, 1.807) is 0 Å². The molecule has 3 nitrogen and oxygen atoms in total. The molecule has 0 saturated carbocycles. The third-order valence-corrected chi connectivity index (χ3v) is 6.67. The van der Waals surface area contributed by atoms with Crippen molar-refractivity contribution < 1.29 is 0 Å². The summed E-state index contributed by atoms with van der Waals surface area (Å²) in [5.74, 6) is 5.37. The van der Waals surface area contributed by atoms with E-state index >= 15 is 0 Å². The minimum absolute atomic E-state index is 0.594. The average Bonchev–Trinajstić information content (AvgIpc) is 2.77. The van der Waals surface area contributed by atoms with Crippen LogP contribution in [0.25, 0.3) is 11.2 Å². The Balaban J connectivity index is 1.95. The maximum Gasteiger partial charge on any atom is 0.160 e. The molecular weight excluding hydrogens is 378 g/mol. The highest BCUT2D eigenvalue weighted by molar-refractivity contribution is 9.10. The first-order valence-electron chi connectivity index (χ1n) is 6.54. The molecule has 1 fully saturated rings. The molecule has 0 N–H and O–H groups in total. The van der Waals surface area contributed by atoms with Crippen molar-refractivity contribution >= 4 is 62.2 Å². The van der Waals surface area contributed by atoms with Gasteiger partial charge in [-0.25, -0.2) is 9.97 Å². The molecule has 1 aliphatic rings. The summed E-state index contributed by atoms with van der Waals surface area (Å²) in [4.78, 5) is 9.24. The average molecular weight is 393 g/mol. The van der Waals surface area contributed by atoms with E-state index in [2.05, 4.69) is 37.2 Å². The lowest BCUT2D eigenvalue weighted by Gasteiger charge is -2.22. The van der Waals surface area contributed by atoms with Gasteiger partial charge in [-0.2, -0.15) is 23.5 Å². The van der Waals surface area contributed by atoms with Gasteiger partial charge in [0.1, 0.15) is 11.3 Å². The Hall–Kier alpha value is 0.0900. The van der Waals surface area contributed by atoms with E-state index in [0.29, 0.717) is 11.1 Å². The van der Waals surface area contributed by atoms with Crippen LogP contribution in [0, 0.1) is 0 Å². The van der Waals surface area contributed by atoms with Crippen molar-refractivity contribution in [2.24, 2.45) is 0 Å². The van der Waals surface area contributed by atoms with E-state index in [1.165, 1.54) is 17.3 Å². The second kappa shape index (κ2) is 6.90. The van der Waals surface area contributed by atoms with Crippen LogP contribution >= 0.6 is 51.1 Å². The van der Waals surface area contributed by atoms with Crippen LogP contribution in [0.5, 0.6) is 0 Å². The molecule has 3 heterocycles. The minimum atomic E-state index is 0.594. The Labute approximate surface area is 140 Å². The van der Waals surface area contributed by atoms with Gasteiger partial charge in [0.25, 0.3) is 0 Å². The molecule has 108 valence electrons. The van der Waals surface area contributed by atoms with Gasteiger partial charge in [0.05, 0.1) is 0 Å². The van der Waals surface area contributed by atoms with E-state index in [-0.39, 0.29) is 0 Å². The predicted octanol–water partition coefficient (Wildman–Crippen LogP) is 3.82. The number of halogens is 2. The Morgan fingerprint density at radius 1 is 1.45 bits per heavy atom. The summed E-state index contributed by atoms with van der Waals surface area (Å²) in [7, 11) is 0. The summed E-state index contributed by atoms with van der Waals surface area (Å²) in [6.45, 7) is 0.981. The van der Waals surface area contributed by atoms with Gasteiger partial charge in [0.15, 0.2) is 5.65 Å². The number of hydrogen-bond donors (Lipinski definition) is 0. The lowest BCUT2D eigenvalue weighted by atomic mass is 10.4. The quantitative estimate of drug-likeness (QED) is 0.740. The van der Waals surface area contributed by atoms with Crippen molar-refractivity contribution in [3.63, 3.8) is 0 Å². The Bertz CT molecular complexity index is 599. The fourth-order valence-electron chi connectivity index (χ4n) is 2.35. The summed E-state index contributed by atoms with van der Waals surface area (Å²) in [5, 5.41) is 0.644. The van der Waals surface area contributed by atoms with Gasteiger partial charge in [0, 0.05) is 52.0 Å². The second-order valence-corrected chi connectivity index (χ2v) is 8.49. The van der Waals surface area contributed by atoms with Crippen LogP contribution in [0.2, 0.25) is 0 Å². The maximum atomic E-state index is 5.92. The van der Waals surface area contributed by atoms with Gasteiger partial charge in [-0.1, -0.05) is 0 Å². The zero-order chi connectivity index (χ0) is 13.9. The van der Waals surface area contributed by atoms with Crippen LogP contribution in [0.15, 0.2) is 16.7 Å². The zero-order valence-corrected chi connectivity index (χ0v) is 14.9. The number of thioether (sulfide) groups is 2. The molecule has 0 aliphatic carbocycles. The third kappa shape index (κ3) is 3.29. The van der Waals surface area contributed by atoms with Crippen LogP contribution in [-0.4, -0.2) is 42.9 Å². The number of rotatable bonds is 4. The summed E-state index contributed by atoms with van der Waals surface area (Å²) >= 11 is 13.5. The molecule has 0 bridgehead atoms. The van der Waals surface area contributed by atoms with E-state index < -0.39 is 0 Å². The fourth-order valence-corrected chi connectivity index (χ4v) is 5.49. The molecule has 2 aromatic heterocycles. The van der Waals surface area contributed by atoms with Crippen LogP contribution in [0.4, 0.5) is 0 Å². The van der Waals surface area contributed by atoms with Gasteiger partial charge in [-0.3, -0.25) is 0 Å². The normalized spacial score (nSPS) is 19.6. The summed E-state index contributed by atoms with van der Waals surface area (Å²) in [5.41, 5.74) is 1.93. The molecule has 1 aliphatic heterocycles. The van der Waals surface area contributed by atoms with Gasteiger partial charge in [0.2, 0.25) is 0 Å². The van der Waals surface area contributed by atoms with Crippen molar-refractivity contribution in [3.8, 4) is 0 Å². The van der Waals surface area contributed by atoms with Crippen LogP contribution in [0.3, 0.4) is 0 Å². The molecule has 2 aromatic rings. The van der Waals surface area contributed by atoms with Gasteiger partial charge in [-0.05, 0) is 22.0 Å². The molecule has 0 spiro atoms. The second-order valence-electron chi connectivity index (χ2n) is 4.64. The molecule has 20 heavy (non-hydrogen) atoms. The Morgan fingerprint density at radius 3 is 3.10 bits per heavy atom. The molecule has 0 amide bonds. The van der Waals surface area contributed by atoms with Gasteiger partial charge in [-0.15, -0.1) is 11.6 Å². The van der Waals surface area contributed by atoms with Crippen molar-refractivity contribution in [1.29, 1.82) is 0 Å². The van der Waals surface area contributed by atoms with E-state index in [1.807, 2.05) is 24.0 Å². The van der Waals surface area contributed by atoms with Crippen LogP contribution < -0.4 is 0 Å². The van der Waals surface area contributed by atoms with Gasteiger partial charge >= 0.3 is 0 Å². The summed E-state index contributed by atoms with van der Waals surface area (Å²) in [6, 6.07) is 2.03. The highest BCUT2D eigenvalue weighted by Crippen LogP contribution is 2.27. The monoisotopic (exact) mass is 391 g/mol. The van der Waals surface area contributed by atoms with Crippen LogP contribution in [0.1, 0.15) is 5.82 Å². The molecule has 0 aromatic carbocycles. The van der Waals surface area contributed by atoms with E-state index in [0.717, 1.165) is 34.4 Å². The minimum Gasteiger partial charge on any atom is -0.312 e. The first kappa shape index (κ1) is 15.0. The van der Waals surface area contributed by atoms with Crippen molar-refractivity contribution in [1.82, 2.24) is 14.5 Å². The molecular formula is C13H15BrClN3S2. The maximum absolute atomic E-state index is 5.92. The highest BCUT2D eigenvalue weighted by Gasteiger charge is 2.19. The standard InChI is InChI=1S/C13H15BrClN3S2/c14-9-5-11-13(16-6-9)18(12(17-11)1-2-15)7-10-8-19-3-4-20-10/h5-6,10H,1-4,7-8H2. The number of aromatic nitrogens is 3. The number of fused-ring (bicyclic) bond motifs is 1. The van der Waals surface area contributed by atoms with Crippen molar-refractivity contribution in [2.45, 2.75) is 18.2 Å². The zero-order valence-electron chi connectivity index (χ0n) is 10.9. The topological polar surface area (TPSA) is 30.7 Å². The van der Waals surface area contributed by atoms with E-state index in [9.17, 15) is 0 Å². The molecule has 1 atom stereocenters. The lowest BCUT2D eigenvalue weighted by molar-refractivity contribution is 0.669. The fraction of sp³-hybridized carbons (Fsp3) is 0.538. The first-order chi connectivity index (χ1) is 9.78. The summed E-state index contributed by atoms with van der Waals surface area (Å²) in [6.07, 6.45) is 2.63. The van der Waals surface area contributed by atoms with E-state index in [4.69, 9.17) is 16.6 Å². The lowest BCUT2D eigenvalue weighted by Crippen LogP contribution is -2.22. The number of pyridine rings is 1. The van der Waals surface area contributed by atoms with Gasteiger partial charge < -0.3 is 4.57 Å². The SMILES string of the molecule is ClCCc1nc2cc(Br)cnc2n1CC1CSCCS1. The largest absolute Gasteiger partial charge is 0.312 e. The number of alkyl halides is 1. The Kier molecular flexibility index (Phi) is 5.18. The number of aryl methyl sites for hydroxylation is 1. The number of nitrogens with zero attached hydrogens (tertiary/aromatic N) is 3. The Morgan fingerprint density at radius 2 is 2.35 bits per heavy atom. The van der Waals surface area contributed by atoms with Crippen molar-refractivity contribution in [2.75, 3.05) is 23.1 Å². The third-order valence-electron chi connectivity index (χ3n) is 3.22. The molecule has 0 radical (unpaired) electrons. The predicted molar refractivity (Wildman–Crippen MR) is 93.2 cm³/mol. The summed E-state index contributed by atoms with van der Waals surface area (Å²) < 4.78 is 3.22. The highest BCUT2D eigenvalue weighted by atomic mass is 79.9. The molecule has 1 saturated heterocycles. The number of hydrogen-bond acceptors (Lipinski definition) is 4. The number of imidazole rings is 1. The van der Waals surface area contributed by atoms with Crippen LogP contribution in [-0.2, 0) is 13.0 Å². The first-order valence-corrected chi connectivity index (χ1v) is 10.1. The smallest absolute Gasteiger partial charge is 0.160 e. The molecule has 1 unspecified atom stereocenters. The molecule has 7 heteroatoms.